The van der Waals surface area contributed by atoms with E-state index < -0.39 is 0 Å². The van der Waals surface area contributed by atoms with Crippen LogP contribution in [-0.4, -0.2) is 29.8 Å². The van der Waals surface area contributed by atoms with E-state index in [0.29, 0.717) is 6.61 Å². The molecule has 21 heavy (non-hydrogen) atoms. The maximum absolute atomic E-state index is 5.97. The second kappa shape index (κ2) is 7.23. The van der Waals surface area contributed by atoms with Gasteiger partial charge in [-0.3, -0.25) is 4.98 Å². The molecule has 0 radical (unpaired) electrons. The summed E-state index contributed by atoms with van der Waals surface area (Å²) in [5.41, 5.74) is 2.00. The molecule has 4 nitrogen and oxygen atoms in total. The first kappa shape index (κ1) is 16.2. The van der Waals surface area contributed by atoms with Crippen molar-refractivity contribution in [2.24, 2.45) is 0 Å². The predicted molar refractivity (Wildman–Crippen MR) is 84.7 cm³/mol. The van der Waals surface area contributed by atoms with Gasteiger partial charge in [0.15, 0.2) is 0 Å². The highest BCUT2D eigenvalue weighted by atomic mass is 16.6. The van der Waals surface area contributed by atoms with Crippen molar-refractivity contribution in [2.45, 2.75) is 65.2 Å². The normalized spacial score (nSPS) is 20.7. The fraction of sp³-hybridized carbons (Fsp3) is 0.706. The zero-order valence-corrected chi connectivity index (χ0v) is 13.7. The van der Waals surface area contributed by atoms with Crippen molar-refractivity contribution < 1.29 is 9.47 Å². The first-order valence-electron chi connectivity index (χ1n) is 7.98. The molecule has 2 rings (SSSR count). The third-order valence-electron chi connectivity index (χ3n) is 3.77. The predicted octanol–water partition coefficient (Wildman–Crippen LogP) is 3.23. The van der Waals surface area contributed by atoms with E-state index in [1.54, 1.807) is 0 Å². The standard InChI is InChI=1S/C17H28N2O2/c1-5-10-18-11-15-16(7-6-13(2)19-15)20-12-14-8-9-17(3,4)21-14/h6-7,14,18H,5,8-12H2,1-4H3. The third-order valence-corrected chi connectivity index (χ3v) is 3.77. The van der Waals surface area contributed by atoms with Crippen LogP contribution in [0.1, 0.15) is 51.4 Å². The number of hydrogen-bond acceptors (Lipinski definition) is 4. The van der Waals surface area contributed by atoms with E-state index >= 15 is 0 Å². The Morgan fingerprint density at radius 3 is 2.90 bits per heavy atom. The maximum atomic E-state index is 5.97. The quantitative estimate of drug-likeness (QED) is 0.784. The molecule has 1 aliphatic rings. The molecule has 1 saturated heterocycles. The summed E-state index contributed by atoms with van der Waals surface area (Å²) >= 11 is 0. The van der Waals surface area contributed by atoms with Crippen LogP contribution >= 0.6 is 0 Å². The third kappa shape index (κ3) is 4.97. The summed E-state index contributed by atoms with van der Waals surface area (Å²) in [5.74, 6) is 0.873. The molecule has 1 unspecified atom stereocenters. The van der Waals surface area contributed by atoms with Crippen molar-refractivity contribution in [3.05, 3.63) is 23.5 Å². The largest absolute Gasteiger partial charge is 0.489 e. The molecule has 0 amide bonds. The average Bonchev–Trinajstić information content (AvgIpc) is 2.78. The molecular weight excluding hydrogens is 264 g/mol. The van der Waals surface area contributed by atoms with E-state index in [1.807, 2.05) is 19.1 Å². The Labute approximate surface area is 128 Å². The number of ether oxygens (including phenoxy) is 2. The molecule has 1 N–H and O–H groups in total. The van der Waals surface area contributed by atoms with Gasteiger partial charge in [0.2, 0.25) is 0 Å². The second-order valence-corrected chi connectivity index (χ2v) is 6.42. The molecule has 1 aromatic heterocycles. The number of nitrogens with zero attached hydrogens (tertiary/aromatic N) is 1. The molecular formula is C17H28N2O2. The van der Waals surface area contributed by atoms with Crippen LogP contribution in [0.3, 0.4) is 0 Å². The van der Waals surface area contributed by atoms with Gasteiger partial charge >= 0.3 is 0 Å². The van der Waals surface area contributed by atoms with Crippen LogP contribution in [0, 0.1) is 6.92 Å². The zero-order valence-electron chi connectivity index (χ0n) is 13.7. The Hall–Kier alpha value is -1.13. The molecule has 0 bridgehead atoms. The summed E-state index contributed by atoms with van der Waals surface area (Å²) in [7, 11) is 0. The minimum atomic E-state index is -0.00886. The number of hydrogen-bond donors (Lipinski definition) is 1. The Morgan fingerprint density at radius 2 is 2.24 bits per heavy atom. The summed E-state index contributed by atoms with van der Waals surface area (Å²) < 4.78 is 11.9. The molecule has 0 aromatic carbocycles. The highest BCUT2D eigenvalue weighted by molar-refractivity contribution is 5.29. The Morgan fingerprint density at radius 1 is 1.43 bits per heavy atom. The van der Waals surface area contributed by atoms with Gasteiger partial charge in [-0.15, -0.1) is 0 Å². The monoisotopic (exact) mass is 292 g/mol. The SMILES string of the molecule is CCCNCc1nc(C)ccc1OCC1CCC(C)(C)O1. The van der Waals surface area contributed by atoms with Gasteiger partial charge in [0.05, 0.1) is 17.4 Å². The van der Waals surface area contributed by atoms with Crippen LogP contribution in [0.5, 0.6) is 5.75 Å². The molecule has 1 atom stereocenters. The molecule has 1 aliphatic heterocycles. The van der Waals surface area contributed by atoms with E-state index in [0.717, 1.165) is 49.5 Å². The first-order valence-corrected chi connectivity index (χ1v) is 7.98. The fourth-order valence-corrected chi connectivity index (χ4v) is 2.62. The van der Waals surface area contributed by atoms with Gasteiger partial charge in [0, 0.05) is 12.2 Å². The van der Waals surface area contributed by atoms with Crippen LogP contribution < -0.4 is 10.1 Å². The summed E-state index contributed by atoms with van der Waals surface area (Å²) in [6.45, 7) is 10.8. The smallest absolute Gasteiger partial charge is 0.142 e. The lowest BCUT2D eigenvalue weighted by atomic mass is 10.1. The average molecular weight is 292 g/mol. The second-order valence-electron chi connectivity index (χ2n) is 6.42. The van der Waals surface area contributed by atoms with Crippen molar-refractivity contribution in [3.8, 4) is 5.75 Å². The van der Waals surface area contributed by atoms with Gasteiger partial charge in [0.25, 0.3) is 0 Å². The minimum absolute atomic E-state index is 0.00886. The van der Waals surface area contributed by atoms with Gasteiger partial charge in [0.1, 0.15) is 12.4 Å². The Balaban J connectivity index is 1.92. The van der Waals surface area contributed by atoms with Crippen molar-refractivity contribution in [1.29, 1.82) is 0 Å². The van der Waals surface area contributed by atoms with Gasteiger partial charge in [-0.1, -0.05) is 6.92 Å². The fourth-order valence-electron chi connectivity index (χ4n) is 2.62. The Kier molecular flexibility index (Phi) is 5.59. The molecule has 1 aromatic rings. The molecule has 0 spiro atoms. The maximum Gasteiger partial charge on any atom is 0.142 e. The van der Waals surface area contributed by atoms with Gasteiger partial charge < -0.3 is 14.8 Å². The first-order chi connectivity index (χ1) is 10.00. The van der Waals surface area contributed by atoms with Crippen LogP contribution in [0.25, 0.3) is 0 Å². The van der Waals surface area contributed by atoms with Crippen LogP contribution in [0.15, 0.2) is 12.1 Å². The van der Waals surface area contributed by atoms with Crippen molar-refractivity contribution in [1.82, 2.24) is 10.3 Å². The zero-order chi connectivity index (χ0) is 15.3. The van der Waals surface area contributed by atoms with Gasteiger partial charge in [-0.25, -0.2) is 0 Å². The van der Waals surface area contributed by atoms with E-state index in [1.165, 1.54) is 0 Å². The molecule has 1 fully saturated rings. The van der Waals surface area contributed by atoms with E-state index in [2.05, 4.69) is 31.1 Å². The van der Waals surface area contributed by atoms with E-state index in [-0.39, 0.29) is 11.7 Å². The number of aryl methyl sites for hydroxylation is 1. The summed E-state index contributed by atoms with van der Waals surface area (Å²) in [6, 6.07) is 4.02. The van der Waals surface area contributed by atoms with Crippen LogP contribution in [0.2, 0.25) is 0 Å². The molecule has 0 aliphatic carbocycles. The van der Waals surface area contributed by atoms with Crippen molar-refractivity contribution in [3.63, 3.8) is 0 Å². The minimum Gasteiger partial charge on any atom is -0.489 e. The lowest BCUT2D eigenvalue weighted by molar-refractivity contribution is -0.0328. The topological polar surface area (TPSA) is 43.4 Å². The molecule has 2 heterocycles. The number of nitrogens with one attached hydrogen (secondary N) is 1. The highest BCUT2D eigenvalue weighted by Crippen LogP contribution is 2.30. The lowest BCUT2D eigenvalue weighted by Gasteiger charge is -2.20. The Bertz CT molecular complexity index is 460. The van der Waals surface area contributed by atoms with Gasteiger partial charge in [-0.2, -0.15) is 0 Å². The van der Waals surface area contributed by atoms with E-state index in [9.17, 15) is 0 Å². The highest BCUT2D eigenvalue weighted by Gasteiger charge is 2.32. The lowest BCUT2D eigenvalue weighted by Crippen LogP contribution is -2.24. The van der Waals surface area contributed by atoms with Crippen molar-refractivity contribution >= 4 is 0 Å². The number of rotatable bonds is 7. The van der Waals surface area contributed by atoms with Crippen molar-refractivity contribution in [2.75, 3.05) is 13.2 Å². The summed E-state index contributed by atoms with van der Waals surface area (Å²) in [6.07, 6.45) is 3.47. The molecule has 118 valence electrons. The van der Waals surface area contributed by atoms with E-state index in [4.69, 9.17) is 9.47 Å². The summed E-state index contributed by atoms with van der Waals surface area (Å²) in [4.78, 5) is 4.59. The molecule has 0 saturated carbocycles. The summed E-state index contributed by atoms with van der Waals surface area (Å²) in [5, 5.41) is 3.39. The number of aromatic nitrogens is 1. The molecule has 4 heteroatoms. The number of pyridine rings is 1. The van der Waals surface area contributed by atoms with Gasteiger partial charge in [-0.05, 0) is 58.7 Å². The van der Waals surface area contributed by atoms with Crippen LogP contribution in [-0.2, 0) is 11.3 Å². The van der Waals surface area contributed by atoms with Crippen LogP contribution in [0.4, 0.5) is 0 Å².